The lowest BCUT2D eigenvalue weighted by molar-refractivity contribution is -0.168. The number of hydrogen-bond donors (Lipinski definition) is 0. The van der Waals surface area contributed by atoms with Gasteiger partial charge in [-0.3, -0.25) is 9.59 Å². The number of rotatable bonds is 8. The molecule has 5 heteroatoms. The zero-order valence-electron chi connectivity index (χ0n) is 11.9. The molecule has 0 aliphatic rings. The van der Waals surface area contributed by atoms with E-state index in [0.717, 1.165) is 0 Å². The third-order valence-electron chi connectivity index (χ3n) is 2.57. The zero-order chi connectivity index (χ0) is 15.4. The van der Waals surface area contributed by atoms with Gasteiger partial charge in [-0.25, -0.2) is 0 Å². The second kappa shape index (κ2) is 9.82. The highest BCUT2D eigenvalue weighted by atomic mass is 16.5. The van der Waals surface area contributed by atoms with E-state index < -0.39 is 17.4 Å². The molecule has 0 aromatic carbocycles. The van der Waals surface area contributed by atoms with Crippen molar-refractivity contribution in [3.8, 4) is 11.8 Å². The van der Waals surface area contributed by atoms with Gasteiger partial charge < -0.3 is 14.2 Å². The Morgan fingerprint density at radius 2 is 1.70 bits per heavy atom. The molecule has 0 amide bonds. The number of esters is 2. The first kappa shape index (κ1) is 17.9. The smallest absolute Gasteiger partial charge is 0.324 e. The van der Waals surface area contributed by atoms with E-state index in [0.29, 0.717) is 6.61 Å². The van der Waals surface area contributed by atoms with Crippen LogP contribution in [-0.4, -0.2) is 39.4 Å². The number of carbonyl (C=O) groups is 2. The van der Waals surface area contributed by atoms with Crippen molar-refractivity contribution in [2.75, 3.05) is 27.4 Å². The summed E-state index contributed by atoms with van der Waals surface area (Å²) in [6.45, 7) is 7.63. The minimum Gasteiger partial charge on any atom is -0.468 e. The lowest BCUT2D eigenvalue weighted by Crippen LogP contribution is -2.40. The third kappa shape index (κ3) is 4.90. The summed E-state index contributed by atoms with van der Waals surface area (Å²) in [5.41, 5.74) is -1.48. The molecule has 0 fully saturated rings. The van der Waals surface area contributed by atoms with Gasteiger partial charge in [0.05, 0.1) is 20.8 Å². The van der Waals surface area contributed by atoms with Crippen LogP contribution in [0.3, 0.4) is 0 Å². The molecule has 0 heterocycles. The lowest BCUT2D eigenvalue weighted by Gasteiger charge is -2.24. The Bertz CT molecular complexity index is 398. The maximum atomic E-state index is 11.9. The van der Waals surface area contributed by atoms with Crippen LogP contribution in [0.4, 0.5) is 0 Å². The van der Waals surface area contributed by atoms with Gasteiger partial charge >= 0.3 is 11.9 Å². The highest BCUT2D eigenvalue weighted by Gasteiger charge is 2.46. The summed E-state index contributed by atoms with van der Waals surface area (Å²) in [6.07, 6.45) is 3.14. The molecule has 0 saturated carbocycles. The Balaban J connectivity index is 5.00. The van der Waals surface area contributed by atoms with Crippen LogP contribution in [0, 0.1) is 17.3 Å². The minimum atomic E-state index is -1.48. The molecule has 5 nitrogen and oxygen atoms in total. The molecule has 0 saturated heterocycles. The first-order chi connectivity index (χ1) is 9.58. The molecule has 110 valence electrons. The summed E-state index contributed by atoms with van der Waals surface area (Å²) in [6, 6.07) is 0. The van der Waals surface area contributed by atoms with E-state index in [2.05, 4.69) is 34.5 Å². The normalized spacial score (nSPS) is 9.90. The molecule has 0 radical (unpaired) electrons. The lowest BCUT2D eigenvalue weighted by atomic mass is 9.81. The molecule has 0 aliphatic carbocycles. The molecule has 0 rings (SSSR count). The van der Waals surface area contributed by atoms with Crippen molar-refractivity contribution in [1.29, 1.82) is 0 Å². The number of allylic oxidation sites excluding steroid dienone is 1. The van der Waals surface area contributed by atoms with Crippen molar-refractivity contribution in [2.24, 2.45) is 5.41 Å². The number of carbonyl (C=O) groups excluding carboxylic acids is 2. The van der Waals surface area contributed by atoms with E-state index >= 15 is 0 Å². The number of methoxy groups -OCH3 is 2. The van der Waals surface area contributed by atoms with Crippen LogP contribution in [0.15, 0.2) is 25.3 Å². The highest BCUT2D eigenvalue weighted by Crippen LogP contribution is 2.30. The van der Waals surface area contributed by atoms with Crippen LogP contribution in [0.1, 0.15) is 12.8 Å². The van der Waals surface area contributed by atoms with E-state index in [1.165, 1.54) is 20.3 Å². The van der Waals surface area contributed by atoms with Gasteiger partial charge in [-0.1, -0.05) is 24.0 Å². The van der Waals surface area contributed by atoms with Crippen molar-refractivity contribution in [3.63, 3.8) is 0 Å². The first-order valence-corrected chi connectivity index (χ1v) is 6.01. The van der Waals surface area contributed by atoms with Gasteiger partial charge in [0.2, 0.25) is 0 Å². The van der Waals surface area contributed by atoms with Gasteiger partial charge in [-0.2, -0.15) is 0 Å². The summed E-state index contributed by atoms with van der Waals surface area (Å²) in [5, 5.41) is 0. The molecular weight excluding hydrogens is 260 g/mol. The molecule has 0 N–H and O–H groups in total. The standard InChI is InChI=1S/C15H20O5/c1-5-9-15(13(16)18-3,14(17)19-4)10-7-8-12-20-11-6-2/h5-6H,1-2,9-12H2,3-4H3. The van der Waals surface area contributed by atoms with Gasteiger partial charge in [-0.15, -0.1) is 13.2 Å². The molecule has 0 unspecified atom stereocenters. The fraction of sp³-hybridized carbons (Fsp3) is 0.467. The molecule has 20 heavy (non-hydrogen) atoms. The van der Waals surface area contributed by atoms with Gasteiger partial charge in [0.1, 0.15) is 6.61 Å². The van der Waals surface area contributed by atoms with E-state index in [1.54, 1.807) is 6.08 Å². The summed E-state index contributed by atoms with van der Waals surface area (Å²) >= 11 is 0. The number of ether oxygens (including phenoxy) is 3. The van der Waals surface area contributed by atoms with E-state index in [9.17, 15) is 9.59 Å². The Hall–Kier alpha value is -2.06. The fourth-order valence-corrected chi connectivity index (χ4v) is 1.56. The SMILES string of the molecule is C=CCOCC#CCC(CC=C)(C(=O)OC)C(=O)OC. The number of hydrogen-bond acceptors (Lipinski definition) is 5. The summed E-state index contributed by atoms with van der Waals surface area (Å²) in [4.78, 5) is 23.8. The molecule has 0 bridgehead atoms. The van der Waals surface area contributed by atoms with Crippen molar-refractivity contribution < 1.29 is 23.8 Å². The monoisotopic (exact) mass is 280 g/mol. The second-order valence-corrected chi connectivity index (χ2v) is 3.89. The first-order valence-electron chi connectivity index (χ1n) is 6.01. The summed E-state index contributed by atoms with van der Waals surface area (Å²) < 4.78 is 14.5. The predicted molar refractivity (Wildman–Crippen MR) is 74.7 cm³/mol. The predicted octanol–water partition coefficient (Wildman–Crippen LogP) is 1.49. The van der Waals surface area contributed by atoms with Gasteiger partial charge in [0.25, 0.3) is 0 Å². The van der Waals surface area contributed by atoms with Crippen molar-refractivity contribution in [3.05, 3.63) is 25.3 Å². The van der Waals surface area contributed by atoms with Crippen molar-refractivity contribution in [1.82, 2.24) is 0 Å². The third-order valence-corrected chi connectivity index (χ3v) is 2.57. The topological polar surface area (TPSA) is 61.8 Å². The Morgan fingerprint density at radius 3 is 2.15 bits per heavy atom. The largest absolute Gasteiger partial charge is 0.468 e. The van der Waals surface area contributed by atoms with Crippen LogP contribution >= 0.6 is 0 Å². The quantitative estimate of drug-likeness (QED) is 0.222. The van der Waals surface area contributed by atoms with Gasteiger partial charge in [0.15, 0.2) is 5.41 Å². The van der Waals surface area contributed by atoms with Crippen LogP contribution in [-0.2, 0) is 23.8 Å². The molecule has 0 aromatic heterocycles. The van der Waals surface area contributed by atoms with Gasteiger partial charge in [0, 0.05) is 6.42 Å². The summed E-state index contributed by atoms with van der Waals surface area (Å²) in [7, 11) is 2.42. The fourth-order valence-electron chi connectivity index (χ4n) is 1.56. The maximum Gasteiger partial charge on any atom is 0.324 e. The Morgan fingerprint density at radius 1 is 1.10 bits per heavy atom. The van der Waals surface area contributed by atoms with E-state index in [4.69, 9.17) is 4.74 Å². The van der Waals surface area contributed by atoms with Crippen LogP contribution in [0.5, 0.6) is 0 Å². The molecule has 0 atom stereocenters. The van der Waals surface area contributed by atoms with Crippen molar-refractivity contribution in [2.45, 2.75) is 12.8 Å². The second-order valence-electron chi connectivity index (χ2n) is 3.89. The van der Waals surface area contributed by atoms with E-state index in [1.807, 2.05) is 0 Å². The Labute approximate surface area is 119 Å². The van der Waals surface area contributed by atoms with Crippen LogP contribution in [0.2, 0.25) is 0 Å². The Kier molecular flexibility index (Phi) is 8.80. The molecule has 0 spiro atoms. The van der Waals surface area contributed by atoms with Crippen LogP contribution in [0.25, 0.3) is 0 Å². The van der Waals surface area contributed by atoms with Crippen LogP contribution < -0.4 is 0 Å². The molecule has 0 aromatic rings. The zero-order valence-corrected chi connectivity index (χ0v) is 11.9. The van der Waals surface area contributed by atoms with E-state index in [-0.39, 0.29) is 19.4 Å². The van der Waals surface area contributed by atoms with Crippen molar-refractivity contribution >= 4 is 11.9 Å². The highest BCUT2D eigenvalue weighted by molar-refractivity contribution is 6.00. The minimum absolute atomic E-state index is 0.0180. The maximum absolute atomic E-state index is 11.9. The molecular formula is C15H20O5. The van der Waals surface area contributed by atoms with Gasteiger partial charge in [-0.05, 0) is 6.42 Å². The average molecular weight is 280 g/mol. The molecule has 0 aliphatic heterocycles. The summed E-state index contributed by atoms with van der Waals surface area (Å²) in [5.74, 6) is 4.09. The average Bonchev–Trinajstić information content (AvgIpc) is 2.47.